The Labute approximate surface area is 131 Å². The maximum absolute atomic E-state index is 12.2. The van der Waals surface area contributed by atoms with Crippen LogP contribution in [0.4, 0.5) is 10.5 Å². The molecule has 3 rings (SSSR count). The number of anilines is 1. The number of pyridine rings is 1. The van der Waals surface area contributed by atoms with E-state index in [4.69, 9.17) is 4.74 Å². The summed E-state index contributed by atoms with van der Waals surface area (Å²) in [4.78, 5) is 28.0. The van der Waals surface area contributed by atoms with Crippen molar-refractivity contribution in [2.45, 2.75) is 6.61 Å². The number of nitrogens with zero attached hydrogens (tertiary/aromatic N) is 2. The van der Waals surface area contributed by atoms with Gasteiger partial charge in [0.1, 0.15) is 12.3 Å². The third-order valence-electron chi connectivity index (χ3n) is 3.10. The van der Waals surface area contributed by atoms with Gasteiger partial charge in [0.2, 0.25) is 0 Å². The Bertz CT molecular complexity index is 841. The van der Waals surface area contributed by atoms with Gasteiger partial charge in [0.15, 0.2) is 5.82 Å². The molecule has 7 nitrogen and oxygen atoms in total. The van der Waals surface area contributed by atoms with Crippen LogP contribution in [-0.2, 0) is 11.3 Å². The second-order valence-electron chi connectivity index (χ2n) is 4.70. The van der Waals surface area contributed by atoms with Gasteiger partial charge in [-0.25, -0.2) is 9.78 Å². The van der Waals surface area contributed by atoms with E-state index < -0.39 is 11.7 Å². The zero-order valence-electron chi connectivity index (χ0n) is 12.1. The summed E-state index contributed by atoms with van der Waals surface area (Å²) >= 11 is 0. The number of nitrogens with one attached hydrogen (secondary N) is 2. The molecule has 0 aliphatic rings. The summed E-state index contributed by atoms with van der Waals surface area (Å²) in [5.74, 6) is 0.434. The van der Waals surface area contributed by atoms with Gasteiger partial charge in [-0.2, -0.15) is 4.68 Å². The Balaban J connectivity index is 1.66. The molecule has 0 fully saturated rings. The summed E-state index contributed by atoms with van der Waals surface area (Å²) < 4.78 is 6.30. The van der Waals surface area contributed by atoms with Crippen LogP contribution in [0.1, 0.15) is 5.56 Å². The molecule has 0 unspecified atom stereocenters. The number of ether oxygens (including phenoxy) is 1. The fourth-order valence-corrected chi connectivity index (χ4v) is 1.98. The summed E-state index contributed by atoms with van der Waals surface area (Å²) in [5.41, 5.74) is 0.539. The zero-order valence-corrected chi connectivity index (χ0v) is 12.1. The van der Waals surface area contributed by atoms with Gasteiger partial charge < -0.3 is 4.74 Å². The quantitative estimate of drug-likeness (QED) is 0.774. The summed E-state index contributed by atoms with van der Waals surface area (Å²) in [6.07, 6.45) is 2.27. The monoisotopic (exact) mass is 310 g/mol. The first-order valence-corrected chi connectivity index (χ1v) is 6.93. The van der Waals surface area contributed by atoms with E-state index in [0.29, 0.717) is 5.82 Å². The fourth-order valence-electron chi connectivity index (χ4n) is 1.98. The molecule has 0 radical (unpaired) electrons. The number of H-pyrrole nitrogens is 1. The van der Waals surface area contributed by atoms with Crippen LogP contribution in [0.2, 0.25) is 0 Å². The molecule has 3 aromatic rings. The second-order valence-corrected chi connectivity index (χ2v) is 4.70. The van der Waals surface area contributed by atoms with Crippen LogP contribution in [0.3, 0.4) is 0 Å². The summed E-state index contributed by atoms with van der Waals surface area (Å²) in [6.45, 7) is 0.130. The molecular formula is C16H14N4O3. The Hall–Kier alpha value is -3.35. The van der Waals surface area contributed by atoms with E-state index in [2.05, 4.69) is 15.4 Å². The smallest absolute Gasteiger partial charge is 0.412 e. The van der Waals surface area contributed by atoms with Crippen molar-refractivity contribution in [3.05, 3.63) is 76.8 Å². The summed E-state index contributed by atoms with van der Waals surface area (Å²) in [7, 11) is 0. The van der Waals surface area contributed by atoms with Crippen molar-refractivity contribution in [2.24, 2.45) is 0 Å². The van der Waals surface area contributed by atoms with E-state index in [9.17, 15) is 9.59 Å². The highest BCUT2D eigenvalue weighted by Gasteiger charge is 2.12. The van der Waals surface area contributed by atoms with E-state index in [-0.39, 0.29) is 12.3 Å². The van der Waals surface area contributed by atoms with E-state index in [1.54, 1.807) is 24.4 Å². The standard InChI is InChI=1S/C16H14N4O3/c21-15-13(10-18-20(15)14-8-4-5-9-17-14)19-16(22)23-11-12-6-2-1-3-7-12/h1-10,18H,11H2,(H,19,22). The molecule has 0 saturated heterocycles. The highest BCUT2D eigenvalue weighted by Crippen LogP contribution is 2.05. The molecular weight excluding hydrogens is 296 g/mol. The Kier molecular flexibility index (Phi) is 4.19. The molecule has 0 aliphatic carbocycles. The van der Waals surface area contributed by atoms with Crippen LogP contribution in [0.5, 0.6) is 0 Å². The van der Waals surface area contributed by atoms with E-state index in [0.717, 1.165) is 5.56 Å². The Morgan fingerprint density at radius 1 is 1.17 bits per heavy atom. The normalized spacial score (nSPS) is 10.3. The number of amides is 1. The first-order chi connectivity index (χ1) is 11.2. The lowest BCUT2D eigenvalue weighted by molar-refractivity contribution is 0.155. The SMILES string of the molecule is O=C(Nc1c[nH]n(-c2ccccn2)c1=O)OCc1ccccc1. The van der Waals surface area contributed by atoms with Crippen molar-refractivity contribution < 1.29 is 9.53 Å². The maximum Gasteiger partial charge on any atom is 0.412 e. The molecule has 116 valence electrons. The van der Waals surface area contributed by atoms with E-state index >= 15 is 0 Å². The van der Waals surface area contributed by atoms with E-state index in [1.807, 2.05) is 30.3 Å². The average Bonchev–Trinajstić information content (AvgIpc) is 2.95. The fraction of sp³-hybridized carbons (Fsp3) is 0.0625. The van der Waals surface area contributed by atoms with Crippen molar-refractivity contribution in [1.29, 1.82) is 0 Å². The Morgan fingerprint density at radius 2 is 1.96 bits per heavy atom. The van der Waals surface area contributed by atoms with Gasteiger partial charge in [-0.05, 0) is 17.7 Å². The van der Waals surface area contributed by atoms with Crippen LogP contribution in [-0.4, -0.2) is 20.9 Å². The van der Waals surface area contributed by atoms with Gasteiger partial charge in [-0.15, -0.1) is 0 Å². The van der Waals surface area contributed by atoms with Gasteiger partial charge in [-0.1, -0.05) is 36.4 Å². The first kappa shape index (κ1) is 14.6. The van der Waals surface area contributed by atoms with Gasteiger partial charge in [0.25, 0.3) is 5.56 Å². The zero-order chi connectivity index (χ0) is 16.1. The molecule has 7 heteroatoms. The number of hydrogen-bond acceptors (Lipinski definition) is 4. The van der Waals surface area contributed by atoms with Crippen molar-refractivity contribution in [2.75, 3.05) is 5.32 Å². The molecule has 23 heavy (non-hydrogen) atoms. The molecule has 0 saturated carbocycles. The Morgan fingerprint density at radius 3 is 2.70 bits per heavy atom. The lowest BCUT2D eigenvalue weighted by atomic mass is 10.2. The molecule has 0 bridgehead atoms. The lowest BCUT2D eigenvalue weighted by Gasteiger charge is -2.04. The predicted octanol–water partition coefficient (Wildman–Crippen LogP) is 2.31. The second kappa shape index (κ2) is 6.61. The van der Waals surface area contributed by atoms with Gasteiger partial charge in [0, 0.05) is 12.4 Å². The number of carbonyl (C=O) groups excluding carboxylic acids is 1. The minimum Gasteiger partial charge on any atom is -0.444 e. The summed E-state index contributed by atoms with van der Waals surface area (Å²) in [6, 6.07) is 14.5. The van der Waals surface area contributed by atoms with Crippen molar-refractivity contribution in [3.63, 3.8) is 0 Å². The molecule has 0 aliphatic heterocycles. The molecule has 2 heterocycles. The van der Waals surface area contributed by atoms with Crippen LogP contribution in [0.15, 0.2) is 65.7 Å². The number of hydrogen-bond donors (Lipinski definition) is 2. The average molecular weight is 310 g/mol. The van der Waals surface area contributed by atoms with E-state index in [1.165, 1.54) is 10.9 Å². The number of benzene rings is 1. The third-order valence-corrected chi connectivity index (χ3v) is 3.10. The van der Waals surface area contributed by atoms with Crippen LogP contribution in [0.25, 0.3) is 5.82 Å². The molecule has 0 atom stereocenters. The molecule has 1 aromatic carbocycles. The first-order valence-electron chi connectivity index (χ1n) is 6.93. The van der Waals surface area contributed by atoms with Crippen LogP contribution >= 0.6 is 0 Å². The maximum atomic E-state index is 12.2. The number of aromatic amines is 1. The molecule has 2 N–H and O–H groups in total. The predicted molar refractivity (Wildman–Crippen MR) is 84.4 cm³/mol. The number of aromatic nitrogens is 3. The summed E-state index contributed by atoms with van der Waals surface area (Å²) in [5, 5.41) is 5.16. The van der Waals surface area contributed by atoms with Crippen molar-refractivity contribution in [1.82, 2.24) is 14.8 Å². The number of carbonyl (C=O) groups is 1. The minimum atomic E-state index is -0.696. The molecule has 0 spiro atoms. The lowest BCUT2D eigenvalue weighted by Crippen LogP contribution is -2.22. The molecule has 1 amide bonds. The highest BCUT2D eigenvalue weighted by molar-refractivity contribution is 5.84. The van der Waals surface area contributed by atoms with Gasteiger partial charge in [0.05, 0.1) is 0 Å². The van der Waals surface area contributed by atoms with Crippen molar-refractivity contribution >= 4 is 11.8 Å². The topological polar surface area (TPSA) is 89.0 Å². The minimum absolute atomic E-state index is 0.0914. The largest absolute Gasteiger partial charge is 0.444 e. The van der Waals surface area contributed by atoms with Crippen LogP contribution in [0, 0.1) is 0 Å². The number of rotatable bonds is 4. The highest BCUT2D eigenvalue weighted by atomic mass is 16.5. The van der Waals surface area contributed by atoms with Crippen molar-refractivity contribution in [3.8, 4) is 5.82 Å². The van der Waals surface area contributed by atoms with Gasteiger partial charge >= 0.3 is 6.09 Å². The molecule has 2 aromatic heterocycles. The van der Waals surface area contributed by atoms with Gasteiger partial charge in [-0.3, -0.25) is 15.2 Å². The third kappa shape index (κ3) is 3.46. The van der Waals surface area contributed by atoms with Crippen LogP contribution < -0.4 is 10.9 Å².